The van der Waals surface area contributed by atoms with Gasteiger partial charge in [-0.1, -0.05) is 29.8 Å². The molecule has 27 heavy (non-hydrogen) atoms. The van der Waals surface area contributed by atoms with Crippen molar-refractivity contribution >= 4 is 40.1 Å². The van der Waals surface area contributed by atoms with Gasteiger partial charge in [-0.05, 0) is 65.4 Å². The molecule has 0 saturated carbocycles. The van der Waals surface area contributed by atoms with Gasteiger partial charge in [0.1, 0.15) is 0 Å². The SMILES string of the molecule is Cc1ccc(C(=O)Nc2ccccc2C(=O)NCc2cccnc2)c(I)c1. The van der Waals surface area contributed by atoms with Crippen LogP contribution in [0.2, 0.25) is 0 Å². The highest BCUT2D eigenvalue weighted by atomic mass is 127. The van der Waals surface area contributed by atoms with Crippen LogP contribution in [0.5, 0.6) is 0 Å². The summed E-state index contributed by atoms with van der Waals surface area (Å²) < 4.78 is 0.864. The Hall–Kier alpha value is -2.74. The van der Waals surface area contributed by atoms with E-state index in [9.17, 15) is 9.59 Å². The Kier molecular flexibility index (Phi) is 6.18. The molecule has 0 saturated heterocycles. The van der Waals surface area contributed by atoms with Gasteiger partial charge in [0, 0.05) is 22.5 Å². The van der Waals surface area contributed by atoms with Crippen molar-refractivity contribution in [1.82, 2.24) is 10.3 Å². The van der Waals surface area contributed by atoms with Crippen LogP contribution in [0, 0.1) is 10.5 Å². The van der Waals surface area contributed by atoms with E-state index in [0.717, 1.165) is 14.7 Å². The Morgan fingerprint density at radius 2 is 1.81 bits per heavy atom. The second-order valence-corrected chi connectivity index (χ2v) is 7.19. The van der Waals surface area contributed by atoms with Crippen molar-refractivity contribution in [3.63, 3.8) is 0 Å². The van der Waals surface area contributed by atoms with Gasteiger partial charge in [-0.25, -0.2) is 0 Å². The average molecular weight is 471 g/mol. The lowest BCUT2D eigenvalue weighted by atomic mass is 10.1. The number of hydrogen-bond acceptors (Lipinski definition) is 3. The summed E-state index contributed by atoms with van der Waals surface area (Å²) in [6.45, 7) is 2.34. The van der Waals surface area contributed by atoms with Crippen molar-refractivity contribution in [1.29, 1.82) is 0 Å². The zero-order chi connectivity index (χ0) is 19.2. The summed E-state index contributed by atoms with van der Waals surface area (Å²) in [5, 5.41) is 5.71. The van der Waals surface area contributed by atoms with Crippen LogP contribution in [-0.4, -0.2) is 16.8 Å². The van der Waals surface area contributed by atoms with Crippen LogP contribution >= 0.6 is 22.6 Å². The van der Waals surface area contributed by atoms with E-state index in [1.807, 2.05) is 31.2 Å². The maximum Gasteiger partial charge on any atom is 0.256 e. The number of carbonyl (C=O) groups excluding carboxylic acids is 2. The van der Waals surface area contributed by atoms with Gasteiger partial charge in [0.2, 0.25) is 0 Å². The average Bonchev–Trinajstić information content (AvgIpc) is 2.67. The van der Waals surface area contributed by atoms with Crippen LogP contribution in [0.1, 0.15) is 31.8 Å². The smallest absolute Gasteiger partial charge is 0.256 e. The van der Waals surface area contributed by atoms with Crippen LogP contribution in [0.25, 0.3) is 0 Å². The van der Waals surface area contributed by atoms with Gasteiger partial charge in [0.05, 0.1) is 16.8 Å². The number of carbonyl (C=O) groups is 2. The van der Waals surface area contributed by atoms with Crippen molar-refractivity contribution < 1.29 is 9.59 Å². The highest BCUT2D eigenvalue weighted by Gasteiger charge is 2.15. The Labute approximate surface area is 171 Å². The Balaban J connectivity index is 1.75. The summed E-state index contributed by atoms with van der Waals surface area (Å²) in [5.74, 6) is -0.500. The molecule has 0 aliphatic carbocycles. The number of para-hydroxylation sites is 1. The lowest BCUT2D eigenvalue weighted by Gasteiger charge is -2.12. The third-order valence-electron chi connectivity index (χ3n) is 3.96. The molecular formula is C21H18IN3O2. The highest BCUT2D eigenvalue weighted by Crippen LogP contribution is 2.19. The Morgan fingerprint density at radius 1 is 1.00 bits per heavy atom. The minimum atomic E-state index is -0.256. The number of rotatable bonds is 5. The summed E-state index contributed by atoms with van der Waals surface area (Å²) in [4.78, 5) is 29.3. The molecule has 0 radical (unpaired) electrons. The molecule has 0 fully saturated rings. The van der Waals surface area contributed by atoms with Crippen molar-refractivity contribution in [3.05, 3.63) is 92.8 Å². The number of pyridine rings is 1. The minimum Gasteiger partial charge on any atom is -0.348 e. The number of aromatic nitrogens is 1. The number of nitrogens with one attached hydrogen (secondary N) is 2. The molecule has 6 heteroatoms. The lowest BCUT2D eigenvalue weighted by Crippen LogP contribution is -2.25. The monoisotopic (exact) mass is 471 g/mol. The van der Waals surface area contributed by atoms with Crippen molar-refractivity contribution in [2.24, 2.45) is 0 Å². The number of nitrogens with zero attached hydrogens (tertiary/aromatic N) is 1. The molecule has 1 aromatic heterocycles. The third kappa shape index (κ3) is 4.91. The first-order chi connectivity index (χ1) is 13.0. The molecule has 2 N–H and O–H groups in total. The minimum absolute atomic E-state index is 0.244. The van der Waals surface area contributed by atoms with Gasteiger partial charge in [0.15, 0.2) is 0 Å². The van der Waals surface area contributed by atoms with E-state index in [2.05, 4.69) is 38.2 Å². The predicted octanol–water partition coefficient (Wildman–Crippen LogP) is 4.18. The fourth-order valence-corrected chi connectivity index (χ4v) is 3.48. The van der Waals surface area contributed by atoms with Gasteiger partial charge in [-0.3, -0.25) is 14.6 Å². The number of amides is 2. The molecule has 1 heterocycles. The molecular weight excluding hydrogens is 453 g/mol. The summed E-state index contributed by atoms with van der Waals surface area (Å²) in [6.07, 6.45) is 3.38. The number of hydrogen-bond donors (Lipinski definition) is 2. The van der Waals surface area contributed by atoms with Crippen molar-refractivity contribution in [3.8, 4) is 0 Å². The normalized spacial score (nSPS) is 10.3. The van der Waals surface area contributed by atoms with Gasteiger partial charge >= 0.3 is 0 Å². The van der Waals surface area contributed by atoms with Gasteiger partial charge in [-0.15, -0.1) is 0 Å². The third-order valence-corrected chi connectivity index (χ3v) is 4.86. The molecule has 3 aromatic rings. The molecule has 0 aliphatic heterocycles. The standard InChI is InChI=1S/C21H18IN3O2/c1-14-8-9-16(18(22)11-14)21(27)25-19-7-3-2-6-17(19)20(26)24-13-15-5-4-10-23-12-15/h2-12H,13H2,1H3,(H,24,26)(H,25,27). The first-order valence-electron chi connectivity index (χ1n) is 8.38. The van der Waals surface area contributed by atoms with E-state index < -0.39 is 0 Å². The molecule has 0 aliphatic rings. The molecule has 0 spiro atoms. The van der Waals surface area contributed by atoms with E-state index in [-0.39, 0.29) is 11.8 Å². The largest absolute Gasteiger partial charge is 0.348 e. The fourth-order valence-electron chi connectivity index (χ4n) is 2.56. The second-order valence-electron chi connectivity index (χ2n) is 6.03. The summed E-state index contributed by atoms with van der Waals surface area (Å²) >= 11 is 2.14. The maximum absolute atomic E-state index is 12.6. The predicted molar refractivity (Wildman–Crippen MR) is 114 cm³/mol. The Bertz CT molecular complexity index is 974. The van der Waals surface area contributed by atoms with Gasteiger partial charge in [-0.2, -0.15) is 0 Å². The van der Waals surface area contributed by atoms with Gasteiger partial charge in [0.25, 0.3) is 11.8 Å². The second kappa shape index (κ2) is 8.77. The zero-order valence-electron chi connectivity index (χ0n) is 14.7. The first kappa shape index (κ1) is 19.0. The van der Waals surface area contributed by atoms with E-state index >= 15 is 0 Å². The first-order valence-corrected chi connectivity index (χ1v) is 9.46. The highest BCUT2D eigenvalue weighted by molar-refractivity contribution is 14.1. The van der Waals surface area contributed by atoms with Crippen molar-refractivity contribution in [2.75, 3.05) is 5.32 Å². The number of halogens is 1. The summed E-state index contributed by atoms with van der Waals surface area (Å²) in [5.41, 5.74) is 3.46. The van der Waals surface area contributed by atoms with E-state index in [1.165, 1.54) is 0 Å². The van der Waals surface area contributed by atoms with Crippen LogP contribution in [0.4, 0.5) is 5.69 Å². The van der Waals surface area contributed by atoms with E-state index in [1.54, 1.807) is 42.7 Å². The Morgan fingerprint density at radius 3 is 2.56 bits per heavy atom. The molecule has 2 amide bonds. The van der Waals surface area contributed by atoms with Crippen LogP contribution in [0.15, 0.2) is 67.0 Å². The van der Waals surface area contributed by atoms with E-state index in [4.69, 9.17) is 0 Å². The molecule has 2 aromatic carbocycles. The quantitative estimate of drug-likeness (QED) is 0.549. The molecule has 5 nitrogen and oxygen atoms in total. The summed E-state index contributed by atoms with van der Waals surface area (Å²) in [7, 11) is 0. The van der Waals surface area contributed by atoms with Crippen molar-refractivity contribution in [2.45, 2.75) is 13.5 Å². The topological polar surface area (TPSA) is 71.1 Å². The number of anilines is 1. The number of benzene rings is 2. The molecule has 0 atom stereocenters. The van der Waals surface area contributed by atoms with E-state index in [0.29, 0.717) is 23.4 Å². The van der Waals surface area contributed by atoms with Crippen LogP contribution < -0.4 is 10.6 Å². The van der Waals surface area contributed by atoms with Crippen LogP contribution in [-0.2, 0) is 6.54 Å². The maximum atomic E-state index is 12.6. The van der Waals surface area contributed by atoms with Gasteiger partial charge < -0.3 is 10.6 Å². The number of aryl methyl sites for hydroxylation is 1. The zero-order valence-corrected chi connectivity index (χ0v) is 16.9. The molecule has 3 rings (SSSR count). The molecule has 0 unspecified atom stereocenters. The molecule has 136 valence electrons. The lowest BCUT2D eigenvalue weighted by molar-refractivity contribution is 0.0951. The fraction of sp³-hybridized carbons (Fsp3) is 0.0952. The molecule has 0 bridgehead atoms. The summed E-state index contributed by atoms with van der Waals surface area (Å²) in [6, 6.07) is 16.3. The van der Waals surface area contributed by atoms with Crippen LogP contribution in [0.3, 0.4) is 0 Å².